The molecule has 0 radical (unpaired) electrons. The molecule has 0 heterocycles. The lowest BCUT2D eigenvalue weighted by atomic mass is 10.1. The molecule has 110 valence electrons. The molecule has 0 saturated carbocycles. The van der Waals surface area contributed by atoms with Crippen LogP contribution >= 0.6 is 11.8 Å². The summed E-state index contributed by atoms with van der Waals surface area (Å²) in [5.41, 5.74) is 1.90. The fourth-order valence-electron chi connectivity index (χ4n) is 2.06. The maximum atomic E-state index is 12.8. The number of carboxylic acids is 1. The Balaban J connectivity index is 2.06. The minimum atomic E-state index is -0.941. The van der Waals surface area contributed by atoms with Crippen LogP contribution in [-0.4, -0.2) is 23.9 Å². The predicted octanol–water partition coefficient (Wildman–Crippen LogP) is 3.90. The minimum Gasteiger partial charge on any atom is -0.478 e. The number of hydrogen-bond acceptors (Lipinski definition) is 3. The van der Waals surface area contributed by atoms with Gasteiger partial charge in [0.1, 0.15) is 5.82 Å². The van der Waals surface area contributed by atoms with Crippen LogP contribution in [0.5, 0.6) is 0 Å². The fourth-order valence-corrected chi connectivity index (χ4v) is 2.68. The van der Waals surface area contributed by atoms with Gasteiger partial charge in [0.15, 0.2) is 0 Å². The Hall–Kier alpha value is -2.01. The molecule has 0 unspecified atom stereocenters. The van der Waals surface area contributed by atoms with E-state index in [-0.39, 0.29) is 5.82 Å². The number of hydrogen-bond donors (Lipinski definition) is 2. The van der Waals surface area contributed by atoms with Crippen molar-refractivity contribution in [2.45, 2.75) is 11.3 Å². The third kappa shape index (κ3) is 3.98. The van der Waals surface area contributed by atoms with Crippen LogP contribution in [0.2, 0.25) is 0 Å². The van der Waals surface area contributed by atoms with E-state index in [1.165, 1.54) is 23.9 Å². The SMILES string of the molecule is CSc1cccc(NCCc2ccc(F)cc2)c1C(=O)O. The average Bonchev–Trinajstić information content (AvgIpc) is 2.48. The first-order chi connectivity index (χ1) is 10.1. The largest absolute Gasteiger partial charge is 0.478 e. The molecule has 2 aromatic rings. The van der Waals surface area contributed by atoms with E-state index in [1.54, 1.807) is 24.3 Å². The van der Waals surface area contributed by atoms with E-state index in [1.807, 2.05) is 12.3 Å². The summed E-state index contributed by atoms with van der Waals surface area (Å²) in [5.74, 6) is -1.20. The van der Waals surface area contributed by atoms with Crippen molar-refractivity contribution in [2.75, 3.05) is 18.1 Å². The summed E-state index contributed by atoms with van der Waals surface area (Å²) in [6, 6.07) is 11.7. The highest BCUT2D eigenvalue weighted by Crippen LogP contribution is 2.27. The molecule has 0 atom stereocenters. The lowest BCUT2D eigenvalue weighted by Gasteiger charge is -2.12. The van der Waals surface area contributed by atoms with Gasteiger partial charge >= 0.3 is 5.97 Å². The zero-order valence-electron chi connectivity index (χ0n) is 11.6. The Kier molecular flexibility index (Phi) is 5.22. The van der Waals surface area contributed by atoms with Crippen LogP contribution in [0.15, 0.2) is 47.4 Å². The van der Waals surface area contributed by atoms with Gasteiger partial charge in [-0.2, -0.15) is 0 Å². The molecule has 0 aliphatic carbocycles. The van der Waals surface area contributed by atoms with Crippen molar-refractivity contribution >= 4 is 23.4 Å². The van der Waals surface area contributed by atoms with E-state index in [2.05, 4.69) is 5.32 Å². The van der Waals surface area contributed by atoms with Crippen LogP contribution < -0.4 is 5.32 Å². The molecule has 3 nitrogen and oxygen atoms in total. The molecular weight excluding hydrogens is 289 g/mol. The van der Waals surface area contributed by atoms with Gasteiger partial charge in [0.05, 0.1) is 5.56 Å². The van der Waals surface area contributed by atoms with Gasteiger partial charge in [-0.1, -0.05) is 18.2 Å². The molecule has 0 amide bonds. The van der Waals surface area contributed by atoms with Gasteiger partial charge in [-0.3, -0.25) is 0 Å². The average molecular weight is 305 g/mol. The number of anilines is 1. The molecule has 0 aliphatic heterocycles. The van der Waals surface area contributed by atoms with E-state index < -0.39 is 5.97 Å². The van der Waals surface area contributed by atoms with E-state index in [0.29, 0.717) is 24.2 Å². The topological polar surface area (TPSA) is 49.3 Å². The first-order valence-electron chi connectivity index (χ1n) is 6.50. The monoisotopic (exact) mass is 305 g/mol. The fraction of sp³-hybridized carbons (Fsp3) is 0.188. The Morgan fingerprint density at radius 3 is 2.57 bits per heavy atom. The van der Waals surface area contributed by atoms with E-state index >= 15 is 0 Å². The second-order valence-electron chi connectivity index (χ2n) is 4.49. The third-order valence-corrected chi connectivity index (χ3v) is 3.88. The zero-order chi connectivity index (χ0) is 15.2. The van der Waals surface area contributed by atoms with E-state index in [9.17, 15) is 14.3 Å². The molecule has 0 aliphatic rings. The number of aromatic carboxylic acids is 1. The Morgan fingerprint density at radius 2 is 1.95 bits per heavy atom. The maximum Gasteiger partial charge on any atom is 0.338 e. The Labute approximate surface area is 127 Å². The first kappa shape index (κ1) is 15.4. The van der Waals surface area contributed by atoms with Gasteiger partial charge in [0.2, 0.25) is 0 Å². The quantitative estimate of drug-likeness (QED) is 0.795. The highest BCUT2D eigenvalue weighted by molar-refractivity contribution is 7.98. The maximum absolute atomic E-state index is 12.8. The van der Waals surface area contributed by atoms with Gasteiger partial charge in [-0.05, 0) is 42.5 Å². The third-order valence-electron chi connectivity index (χ3n) is 3.10. The number of thioether (sulfide) groups is 1. The minimum absolute atomic E-state index is 0.257. The van der Waals surface area contributed by atoms with Gasteiger partial charge in [0, 0.05) is 17.1 Å². The highest BCUT2D eigenvalue weighted by Gasteiger charge is 2.14. The molecule has 0 spiro atoms. The van der Waals surface area contributed by atoms with Crippen LogP contribution in [-0.2, 0) is 6.42 Å². The molecule has 0 saturated heterocycles. The second-order valence-corrected chi connectivity index (χ2v) is 5.34. The van der Waals surface area contributed by atoms with Crippen molar-refractivity contribution in [3.8, 4) is 0 Å². The molecule has 2 aromatic carbocycles. The smallest absolute Gasteiger partial charge is 0.338 e. The van der Waals surface area contributed by atoms with Crippen molar-refractivity contribution in [1.82, 2.24) is 0 Å². The molecule has 21 heavy (non-hydrogen) atoms. The summed E-state index contributed by atoms with van der Waals surface area (Å²) in [4.78, 5) is 12.1. The number of carboxylic acid groups (broad SMARTS) is 1. The Bertz CT molecular complexity index is 629. The zero-order valence-corrected chi connectivity index (χ0v) is 12.4. The summed E-state index contributed by atoms with van der Waals surface area (Å²) >= 11 is 1.41. The van der Waals surface area contributed by atoms with Crippen molar-refractivity contribution in [3.05, 3.63) is 59.4 Å². The number of halogens is 1. The van der Waals surface area contributed by atoms with Crippen LogP contribution in [0, 0.1) is 5.82 Å². The van der Waals surface area contributed by atoms with Crippen LogP contribution in [0.1, 0.15) is 15.9 Å². The summed E-state index contributed by atoms with van der Waals surface area (Å²) in [6.45, 7) is 0.587. The summed E-state index contributed by atoms with van der Waals surface area (Å²) < 4.78 is 12.8. The second kappa shape index (κ2) is 7.13. The van der Waals surface area contributed by atoms with Gasteiger partial charge in [-0.15, -0.1) is 11.8 Å². The van der Waals surface area contributed by atoms with Crippen molar-refractivity contribution in [1.29, 1.82) is 0 Å². The molecule has 0 fully saturated rings. The van der Waals surface area contributed by atoms with Gasteiger partial charge in [0.25, 0.3) is 0 Å². The lowest BCUT2D eigenvalue weighted by Crippen LogP contribution is -2.10. The van der Waals surface area contributed by atoms with Crippen LogP contribution in [0.4, 0.5) is 10.1 Å². The summed E-state index contributed by atoms with van der Waals surface area (Å²) in [7, 11) is 0. The molecular formula is C16H16FNO2S. The van der Waals surface area contributed by atoms with Crippen molar-refractivity contribution in [3.63, 3.8) is 0 Å². The number of nitrogens with one attached hydrogen (secondary N) is 1. The predicted molar refractivity (Wildman–Crippen MR) is 83.8 cm³/mol. The summed E-state index contributed by atoms with van der Waals surface area (Å²) in [6.07, 6.45) is 2.55. The highest BCUT2D eigenvalue weighted by atomic mass is 32.2. The van der Waals surface area contributed by atoms with Gasteiger partial charge in [-0.25, -0.2) is 9.18 Å². The molecule has 5 heteroatoms. The van der Waals surface area contributed by atoms with Crippen LogP contribution in [0.3, 0.4) is 0 Å². The molecule has 2 rings (SSSR count). The number of benzene rings is 2. The molecule has 0 aromatic heterocycles. The number of rotatable bonds is 6. The van der Waals surface area contributed by atoms with E-state index in [0.717, 1.165) is 10.5 Å². The van der Waals surface area contributed by atoms with E-state index in [4.69, 9.17) is 0 Å². The Morgan fingerprint density at radius 1 is 1.24 bits per heavy atom. The first-order valence-corrected chi connectivity index (χ1v) is 7.73. The molecule has 0 bridgehead atoms. The van der Waals surface area contributed by atoms with Crippen molar-refractivity contribution < 1.29 is 14.3 Å². The van der Waals surface area contributed by atoms with Crippen LogP contribution in [0.25, 0.3) is 0 Å². The number of carbonyl (C=O) groups is 1. The summed E-state index contributed by atoms with van der Waals surface area (Å²) in [5, 5.41) is 12.5. The lowest BCUT2D eigenvalue weighted by molar-refractivity contribution is 0.0694. The standard InChI is InChI=1S/C16H16FNO2S/c1-21-14-4-2-3-13(15(14)16(19)20)18-10-9-11-5-7-12(17)8-6-11/h2-8,18H,9-10H2,1H3,(H,19,20). The van der Waals surface area contributed by atoms with Crippen molar-refractivity contribution in [2.24, 2.45) is 0 Å². The van der Waals surface area contributed by atoms with Gasteiger partial charge < -0.3 is 10.4 Å². The molecule has 2 N–H and O–H groups in total. The normalized spacial score (nSPS) is 10.4.